The van der Waals surface area contributed by atoms with Crippen LogP contribution in [0, 0.1) is 0 Å². The highest BCUT2D eigenvalue weighted by Gasteiger charge is 2.27. The van der Waals surface area contributed by atoms with Gasteiger partial charge in [0.2, 0.25) is 0 Å². The summed E-state index contributed by atoms with van der Waals surface area (Å²) in [6, 6.07) is 21.2. The molecule has 0 fully saturated rings. The highest BCUT2D eigenvalue weighted by molar-refractivity contribution is 6.44. The molecule has 0 saturated carbocycles. The summed E-state index contributed by atoms with van der Waals surface area (Å²) >= 11 is 0. The minimum Gasteiger partial charge on any atom is -0.317 e. The molecule has 25 heavy (non-hydrogen) atoms. The van der Waals surface area contributed by atoms with Crippen molar-refractivity contribution >= 4 is 34.0 Å². The van der Waals surface area contributed by atoms with Gasteiger partial charge in [0.25, 0.3) is 0 Å². The number of aryl methyl sites for hydroxylation is 1. The number of nitrogens with one attached hydrogen (secondary N) is 1. The van der Waals surface area contributed by atoms with E-state index in [0.29, 0.717) is 12.2 Å². The molecule has 1 aliphatic heterocycles. The van der Waals surface area contributed by atoms with E-state index in [2.05, 4.69) is 5.32 Å². The number of nitrogens with zero attached hydrogens (tertiary/aromatic N) is 1. The molecule has 0 aliphatic carbocycles. The molecular formula is C21H18N2O2. The quantitative estimate of drug-likeness (QED) is 0.691. The monoisotopic (exact) mass is 330 g/mol. The first-order chi connectivity index (χ1) is 12.2. The number of anilines is 2. The molecule has 1 aliphatic rings. The van der Waals surface area contributed by atoms with Gasteiger partial charge in [-0.3, -0.25) is 9.59 Å². The Morgan fingerprint density at radius 1 is 0.880 bits per heavy atom. The number of rotatable bonds is 1. The fourth-order valence-corrected chi connectivity index (χ4v) is 3.38. The molecule has 1 heterocycles. The lowest BCUT2D eigenvalue weighted by Crippen LogP contribution is -2.42. The van der Waals surface area contributed by atoms with Gasteiger partial charge in [-0.2, -0.15) is 0 Å². The molecule has 0 saturated heterocycles. The Kier molecular flexibility index (Phi) is 3.94. The number of para-hydroxylation sites is 1. The lowest BCUT2D eigenvalue weighted by molar-refractivity contribution is -0.134. The summed E-state index contributed by atoms with van der Waals surface area (Å²) in [5.74, 6) is -1.12. The van der Waals surface area contributed by atoms with Crippen molar-refractivity contribution in [1.82, 2.24) is 0 Å². The molecule has 4 nitrogen and oxygen atoms in total. The zero-order valence-electron chi connectivity index (χ0n) is 13.7. The van der Waals surface area contributed by atoms with Gasteiger partial charge >= 0.3 is 11.8 Å². The maximum Gasteiger partial charge on any atom is 0.316 e. The van der Waals surface area contributed by atoms with Crippen LogP contribution in [0.2, 0.25) is 0 Å². The van der Waals surface area contributed by atoms with E-state index in [4.69, 9.17) is 0 Å². The Balaban J connectivity index is 1.60. The van der Waals surface area contributed by atoms with Crippen molar-refractivity contribution in [2.24, 2.45) is 0 Å². The second kappa shape index (κ2) is 6.40. The molecule has 124 valence electrons. The first-order valence-corrected chi connectivity index (χ1v) is 8.42. The molecule has 0 unspecified atom stereocenters. The third-order valence-corrected chi connectivity index (χ3v) is 4.59. The summed E-state index contributed by atoms with van der Waals surface area (Å²) < 4.78 is 0. The number of benzene rings is 3. The molecule has 3 aromatic rings. The molecular weight excluding hydrogens is 312 g/mol. The van der Waals surface area contributed by atoms with Gasteiger partial charge in [-0.25, -0.2) is 0 Å². The Morgan fingerprint density at radius 3 is 2.56 bits per heavy atom. The molecule has 2 amide bonds. The number of hydrogen-bond acceptors (Lipinski definition) is 2. The van der Waals surface area contributed by atoms with Crippen molar-refractivity contribution in [3.63, 3.8) is 0 Å². The molecule has 0 aromatic heterocycles. The Hall–Kier alpha value is -3.14. The predicted molar refractivity (Wildman–Crippen MR) is 99.7 cm³/mol. The standard InChI is InChI=1S/C21H18N2O2/c24-20(22-18-12-5-9-15-7-1-3-11-17(15)18)21(25)23-14-6-10-16-8-2-4-13-19(16)23/h1-5,7-9,11-13H,6,10,14H2,(H,22,24). The van der Waals surface area contributed by atoms with E-state index in [9.17, 15) is 9.59 Å². The zero-order chi connectivity index (χ0) is 17.2. The number of fused-ring (bicyclic) bond motifs is 2. The molecule has 1 N–H and O–H groups in total. The van der Waals surface area contributed by atoms with E-state index in [1.807, 2.05) is 66.7 Å². The van der Waals surface area contributed by atoms with E-state index >= 15 is 0 Å². The second-order valence-electron chi connectivity index (χ2n) is 6.17. The van der Waals surface area contributed by atoms with Gasteiger partial charge in [-0.15, -0.1) is 0 Å². The predicted octanol–water partition coefficient (Wildman–Crippen LogP) is 3.76. The van der Waals surface area contributed by atoms with Gasteiger partial charge in [0.1, 0.15) is 0 Å². The Bertz CT molecular complexity index is 960. The number of hydrogen-bond donors (Lipinski definition) is 1. The largest absolute Gasteiger partial charge is 0.317 e. The van der Waals surface area contributed by atoms with Crippen LogP contribution in [0.4, 0.5) is 11.4 Å². The van der Waals surface area contributed by atoms with Crippen molar-refractivity contribution in [2.45, 2.75) is 12.8 Å². The highest BCUT2D eigenvalue weighted by Crippen LogP contribution is 2.27. The first-order valence-electron chi connectivity index (χ1n) is 8.42. The van der Waals surface area contributed by atoms with E-state index < -0.39 is 11.8 Å². The highest BCUT2D eigenvalue weighted by atomic mass is 16.2. The van der Waals surface area contributed by atoms with Gasteiger partial charge in [0, 0.05) is 23.3 Å². The van der Waals surface area contributed by atoms with Crippen LogP contribution >= 0.6 is 0 Å². The lowest BCUT2D eigenvalue weighted by Gasteiger charge is -2.28. The van der Waals surface area contributed by atoms with E-state index in [1.54, 1.807) is 4.90 Å². The average Bonchev–Trinajstić information content (AvgIpc) is 2.67. The topological polar surface area (TPSA) is 49.4 Å². The van der Waals surface area contributed by atoms with Crippen LogP contribution in [-0.4, -0.2) is 18.4 Å². The summed E-state index contributed by atoms with van der Waals surface area (Å²) in [6.45, 7) is 0.568. The van der Waals surface area contributed by atoms with Gasteiger partial charge in [-0.05, 0) is 35.9 Å². The molecule has 0 atom stereocenters. The maximum absolute atomic E-state index is 12.7. The summed E-state index contributed by atoms with van der Waals surface area (Å²) in [4.78, 5) is 26.9. The van der Waals surface area contributed by atoms with Crippen molar-refractivity contribution in [3.05, 3.63) is 72.3 Å². The van der Waals surface area contributed by atoms with E-state index in [1.165, 1.54) is 0 Å². The number of carbonyl (C=O) groups excluding carboxylic acids is 2. The Labute approximate surface area is 146 Å². The van der Waals surface area contributed by atoms with Crippen LogP contribution in [0.3, 0.4) is 0 Å². The Morgan fingerprint density at radius 2 is 1.64 bits per heavy atom. The second-order valence-corrected chi connectivity index (χ2v) is 6.17. The van der Waals surface area contributed by atoms with Crippen molar-refractivity contribution < 1.29 is 9.59 Å². The van der Waals surface area contributed by atoms with Gasteiger partial charge in [0.15, 0.2) is 0 Å². The third kappa shape index (κ3) is 2.87. The van der Waals surface area contributed by atoms with Crippen molar-refractivity contribution in [2.75, 3.05) is 16.8 Å². The molecule has 4 heteroatoms. The van der Waals surface area contributed by atoms with Crippen LogP contribution in [0.25, 0.3) is 10.8 Å². The van der Waals surface area contributed by atoms with Crippen LogP contribution in [-0.2, 0) is 16.0 Å². The molecule has 3 aromatic carbocycles. The molecule has 0 spiro atoms. The maximum atomic E-state index is 12.7. The normalized spacial score (nSPS) is 13.4. The SMILES string of the molecule is O=C(Nc1cccc2ccccc12)C(=O)N1CCCc2ccccc21. The van der Waals surface area contributed by atoms with Gasteiger partial charge in [-0.1, -0.05) is 54.6 Å². The number of amides is 2. The lowest BCUT2D eigenvalue weighted by atomic mass is 10.0. The van der Waals surface area contributed by atoms with E-state index in [-0.39, 0.29) is 0 Å². The zero-order valence-corrected chi connectivity index (χ0v) is 13.7. The van der Waals surface area contributed by atoms with Gasteiger partial charge in [0.05, 0.1) is 0 Å². The molecule has 0 bridgehead atoms. The molecule has 4 rings (SSSR count). The van der Waals surface area contributed by atoms with Crippen LogP contribution in [0.5, 0.6) is 0 Å². The summed E-state index contributed by atoms with van der Waals surface area (Å²) in [7, 11) is 0. The molecule has 0 radical (unpaired) electrons. The smallest absolute Gasteiger partial charge is 0.316 e. The minimum atomic E-state index is -0.604. The first kappa shape index (κ1) is 15.4. The fraction of sp³-hybridized carbons (Fsp3) is 0.143. The average molecular weight is 330 g/mol. The minimum absolute atomic E-state index is 0.514. The van der Waals surface area contributed by atoms with Crippen LogP contribution in [0.1, 0.15) is 12.0 Å². The summed E-state index contributed by atoms with van der Waals surface area (Å²) in [5.41, 5.74) is 2.61. The van der Waals surface area contributed by atoms with Crippen LogP contribution < -0.4 is 10.2 Å². The van der Waals surface area contributed by atoms with Crippen molar-refractivity contribution in [1.29, 1.82) is 0 Å². The van der Waals surface area contributed by atoms with E-state index in [0.717, 1.165) is 34.9 Å². The number of carbonyl (C=O) groups is 2. The van der Waals surface area contributed by atoms with Gasteiger partial charge < -0.3 is 10.2 Å². The van der Waals surface area contributed by atoms with Crippen molar-refractivity contribution in [3.8, 4) is 0 Å². The van der Waals surface area contributed by atoms with Crippen LogP contribution in [0.15, 0.2) is 66.7 Å². The fourth-order valence-electron chi connectivity index (χ4n) is 3.38. The summed E-state index contributed by atoms with van der Waals surface area (Å²) in [6.07, 6.45) is 1.80. The third-order valence-electron chi connectivity index (χ3n) is 4.59. The summed E-state index contributed by atoms with van der Waals surface area (Å²) in [5, 5.41) is 4.73.